The van der Waals surface area contributed by atoms with Crippen molar-refractivity contribution in [2.75, 3.05) is 6.61 Å². The highest BCUT2D eigenvalue weighted by Gasteiger charge is 2.22. The molecule has 3 rings (SSSR count). The molecule has 6 heteroatoms. The monoisotopic (exact) mass is 324 g/mol. The molecule has 0 fully saturated rings. The van der Waals surface area contributed by atoms with E-state index in [4.69, 9.17) is 0 Å². The molecule has 2 aromatic heterocycles. The van der Waals surface area contributed by atoms with Gasteiger partial charge in [0.05, 0.1) is 5.56 Å². The highest BCUT2D eigenvalue weighted by Crippen LogP contribution is 2.16. The Labute approximate surface area is 140 Å². The van der Waals surface area contributed by atoms with Gasteiger partial charge in [-0.15, -0.1) is 10.2 Å². The predicted octanol–water partition coefficient (Wildman–Crippen LogP) is 2.14. The Morgan fingerprint density at radius 1 is 1.25 bits per heavy atom. The summed E-state index contributed by atoms with van der Waals surface area (Å²) in [4.78, 5) is 14.8. The van der Waals surface area contributed by atoms with Crippen molar-refractivity contribution < 1.29 is 9.90 Å². The van der Waals surface area contributed by atoms with Crippen LogP contribution in [0.3, 0.4) is 0 Å². The number of aromatic nitrogens is 3. The maximum absolute atomic E-state index is 13.0. The van der Waals surface area contributed by atoms with Crippen LogP contribution in [0, 0.1) is 0 Å². The SMILES string of the molecule is CC(CCO)N(Cc1ccccc1)C(=O)c1ccc2nncn2c1. The zero-order chi connectivity index (χ0) is 16.9. The van der Waals surface area contributed by atoms with E-state index in [0.717, 1.165) is 5.56 Å². The summed E-state index contributed by atoms with van der Waals surface area (Å²) in [6.07, 6.45) is 3.85. The van der Waals surface area contributed by atoms with Crippen LogP contribution in [0.2, 0.25) is 0 Å². The van der Waals surface area contributed by atoms with Crippen LogP contribution < -0.4 is 0 Å². The summed E-state index contributed by atoms with van der Waals surface area (Å²) in [5.41, 5.74) is 2.33. The molecular weight excluding hydrogens is 304 g/mol. The molecule has 0 radical (unpaired) electrons. The summed E-state index contributed by atoms with van der Waals surface area (Å²) >= 11 is 0. The number of hydrogen-bond acceptors (Lipinski definition) is 4. The fourth-order valence-corrected chi connectivity index (χ4v) is 2.67. The first-order chi connectivity index (χ1) is 11.7. The van der Waals surface area contributed by atoms with Crippen molar-refractivity contribution in [1.29, 1.82) is 0 Å². The summed E-state index contributed by atoms with van der Waals surface area (Å²) in [6, 6.07) is 13.3. The molecule has 0 saturated carbocycles. The molecule has 0 aliphatic heterocycles. The van der Waals surface area contributed by atoms with Crippen molar-refractivity contribution in [3.8, 4) is 0 Å². The van der Waals surface area contributed by atoms with Crippen molar-refractivity contribution in [1.82, 2.24) is 19.5 Å². The Balaban J connectivity index is 1.89. The van der Waals surface area contributed by atoms with E-state index in [0.29, 0.717) is 24.2 Å². The third-order valence-corrected chi connectivity index (χ3v) is 4.07. The van der Waals surface area contributed by atoms with Crippen molar-refractivity contribution >= 4 is 11.6 Å². The molecule has 1 unspecified atom stereocenters. The van der Waals surface area contributed by atoms with Crippen molar-refractivity contribution in [3.63, 3.8) is 0 Å². The largest absolute Gasteiger partial charge is 0.396 e. The molecule has 24 heavy (non-hydrogen) atoms. The lowest BCUT2D eigenvalue weighted by Gasteiger charge is -2.29. The smallest absolute Gasteiger partial charge is 0.255 e. The Hall–Kier alpha value is -2.73. The van der Waals surface area contributed by atoms with Gasteiger partial charge in [0.2, 0.25) is 0 Å². The Kier molecular flexibility index (Phi) is 4.86. The van der Waals surface area contributed by atoms with Gasteiger partial charge in [0, 0.05) is 25.4 Å². The molecule has 1 aromatic carbocycles. The van der Waals surface area contributed by atoms with Crippen LogP contribution in [0.4, 0.5) is 0 Å². The van der Waals surface area contributed by atoms with Gasteiger partial charge in [-0.05, 0) is 31.0 Å². The first-order valence-corrected chi connectivity index (χ1v) is 7.94. The molecular formula is C18H20N4O2. The fourth-order valence-electron chi connectivity index (χ4n) is 2.67. The van der Waals surface area contributed by atoms with Gasteiger partial charge in [0.15, 0.2) is 5.65 Å². The van der Waals surface area contributed by atoms with Crippen molar-refractivity contribution in [2.45, 2.75) is 25.9 Å². The van der Waals surface area contributed by atoms with E-state index in [1.807, 2.05) is 37.3 Å². The number of rotatable bonds is 6. The average Bonchev–Trinajstić information content (AvgIpc) is 3.08. The van der Waals surface area contributed by atoms with Crippen molar-refractivity contribution in [2.24, 2.45) is 0 Å². The molecule has 3 aromatic rings. The second kappa shape index (κ2) is 7.23. The van der Waals surface area contributed by atoms with Gasteiger partial charge < -0.3 is 10.0 Å². The summed E-state index contributed by atoms with van der Waals surface area (Å²) in [5, 5.41) is 17.0. The molecule has 1 N–H and O–H groups in total. The number of carbonyl (C=O) groups excluding carboxylic acids is 1. The van der Waals surface area contributed by atoms with Gasteiger partial charge in [-0.1, -0.05) is 30.3 Å². The fraction of sp³-hybridized carbons (Fsp3) is 0.278. The third kappa shape index (κ3) is 3.44. The molecule has 0 aliphatic rings. The molecule has 1 atom stereocenters. The van der Waals surface area contributed by atoms with Crippen LogP contribution >= 0.6 is 0 Å². The number of benzene rings is 1. The van der Waals surface area contributed by atoms with Crippen LogP contribution in [0.15, 0.2) is 55.0 Å². The lowest BCUT2D eigenvalue weighted by molar-refractivity contribution is 0.0648. The Morgan fingerprint density at radius 3 is 2.79 bits per heavy atom. The third-order valence-electron chi connectivity index (χ3n) is 4.07. The lowest BCUT2D eigenvalue weighted by Crippen LogP contribution is -2.38. The number of pyridine rings is 1. The second-order valence-corrected chi connectivity index (χ2v) is 5.79. The summed E-state index contributed by atoms with van der Waals surface area (Å²) < 4.78 is 1.73. The van der Waals surface area contributed by atoms with Gasteiger partial charge >= 0.3 is 0 Å². The van der Waals surface area contributed by atoms with E-state index in [-0.39, 0.29) is 18.6 Å². The first-order valence-electron chi connectivity index (χ1n) is 7.94. The Morgan fingerprint density at radius 2 is 2.04 bits per heavy atom. The number of amides is 1. The highest BCUT2D eigenvalue weighted by atomic mass is 16.3. The number of aliphatic hydroxyl groups is 1. The zero-order valence-corrected chi connectivity index (χ0v) is 13.5. The number of fused-ring (bicyclic) bond motifs is 1. The minimum absolute atomic E-state index is 0.0458. The number of nitrogens with zero attached hydrogens (tertiary/aromatic N) is 4. The van der Waals surface area contributed by atoms with Gasteiger partial charge in [-0.3, -0.25) is 9.20 Å². The van der Waals surface area contributed by atoms with Gasteiger partial charge in [0.1, 0.15) is 6.33 Å². The van der Waals surface area contributed by atoms with E-state index < -0.39 is 0 Å². The van der Waals surface area contributed by atoms with Gasteiger partial charge in [0.25, 0.3) is 5.91 Å². The van der Waals surface area contributed by atoms with Crippen LogP contribution in [-0.4, -0.2) is 43.2 Å². The molecule has 2 heterocycles. The van der Waals surface area contributed by atoms with Crippen molar-refractivity contribution in [3.05, 3.63) is 66.1 Å². The predicted molar refractivity (Wildman–Crippen MR) is 90.5 cm³/mol. The minimum atomic E-state index is -0.0737. The van der Waals surface area contributed by atoms with E-state index >= 15 is 0 Å². The van der Waals surface area contributed by atoms with E-state index in [1.165, 1.54) is 0 Å². The summed E-state index contributed by atoms with van der Waals surface area (Å²) in [6.45, 7) is 2.50. The topological polar surface area (TPSA) is 70.7 Å². The van der Waals surface area contributed by atoms with Crippen LogP contribution in [0.5, 0.6) is 0 Å². The summed E-state index contributed by atoms with van der Waals surface area (Å²) in [7, 11) is 0. The molecule has 0 bridgehead atoms. The molecule has 1 amide bonds. The maximum atomic E-state index is 13.0. The van der Waals surface area contributed by atoms with Crippen LogP contribution in [-0.2, 0) is 6.54 Å². The van der Waals surface area contributed by atoms with Gasteiger partial charge in [-0.2, -0.15) is 0 Å². The van der Waals surface area contributed by atoms with E-state index in [9.17, 15) is 9.90 Å². The molecule has 124 valence electrons. The lowest BCUT2D eigenvalue weighted by atomic mass is 10.1. The molecule has 0 saturated heterocycles. The number of aliphatic hydroxyl groups excluding tert-OH is 1. The standard InChI is InChI=1S/C18H20N4O2/c1-14(9-10-23)22(11-15-5-3-2-4-6-15)18(24)16-7-8-17-20-19-13-21(17)12-16/h2-8,12-14,23H,9-11H2,1H3. The minimum Gasteiger partial charge on any atom is -0.396 e. The van der Waals surface area contributed by atoms with E-state index in [2.05, 4.69) is 10.2 Å². The van der Waals surface area contributed by atoms with Crippen LogP contribution in [0.25, 0.3) is 5.65 Å². The molecule has 6 nitrogen and oxygen atoms in total. The van der Waals surface area contributed by atoms with E-state index in [1.54, 1.807) is 34.0 Å². The molecule has 0 spiro atoms. The highest BCUT2D eigenvalue weighted by molar-refractivity contribution is 5.94. The Bertz CT molecular complexity index is 816. The number of carbonyl (C=O) groups is 1. The number of hydrogen-bond donors (Lipinski definition) is 1. The van der Waals surface area contributed by atoms with Gasteiger partial charge in [-0.25, -0.2) is 0 Å². The summed E-state index contributed by atoms with van der Waals surface area (Å²) in [5.74, 6) is -0.0737. The van der Waals surface area contributed by atoms with Crippen LogP contribution in [0.1, 0.15) is 29.3 Å². The normalized spacial score (nSPS) is 12.2. The average molecular weight is 324 g/mol. The second-order valence-electron chi connectivity index (χ2n) is 5.79. The maximum Gasteiger partial charge on any atom is 0.255 e. The quantitative estimate of drug-likeness (QED) is 0.754. The first kappa shape index (κ1) is 16.1. The zero-order valence-electron chi connectivity index (χ0n) is 13.5. The molecule has 0 aliphatic carbocycles.